The van der Waals surface area contributed by atoms with Crippen LogP contribution in [0, 0.1) is 5.41 Å². The molecule has 2 aliphatic carbocycles. The van der Waals surface area contributed by atoms with Crippen LogP contribution in [0.1, 0.15) is 89.5 Å². The van der Waals surface area contributed by atoms with Crippen molar-refractivity contribution in [2.75, 3.05) is 62.7 Å². The number of halogens is 1. The third-order valence-corrected chi connectivity index (χ3v) is 9.63. The van der Waals surface area contributed by atoms with E-state index in [2.05, 4.69) is 45.9 Å². The Labute approximate surface area is 226 Å². The molecule has 0 aromatic heterocycles. The SMILES string of the molecule is CCCCN1CCN(c2ccc(N3CCC(OC)CC3)cc2C2=CCC3(CCCCC3)CC2)CC1.Cl. The van der Waals surface area contributed by atoms with Gasteiger partial charge in [0.15, 0.2) is 0 Å². The fraction of sp³-hybridized carbons (Fsp3) is 0.742. The molecule has 0 atom stereocenters. The first kappa shape index (κ1) is 27.8. The first-order valence-electron chi connectivity index (χ1n) is 14.8. The number of hydrogen-bond donors (Lipinski definition) is 0. The topological polar surface area (TPSA) is 19.0 Å². The highest BCUT2D eigenvalue weighted by Gasteiger charge is 2.34. The highest BCUT2D eigenvalue weighted by atomic mass is 35.5. The van der Waals surface area contributed by atoms with Crippen LogP contribution in [0.25, 0.3) is 5.57 Å². The molecule has 4 nitrogen and oxygen atoms in total. The summed E-state index contributed by atoms with van der Waals surface area (Å²) in [4.78, 5) is 7.95. The lowest BCUT2D eigenvalue weighted by Crippen LogP contribution is -2.47. The summed E-state index contributed by atoms with van der Waals surface area (Å²) in [6, 6.07) is 7.42. The molecule has 0 bridgehead atoms. The first-order valence-corrected chi connectivity index (χ1v) is 14.8. The Morgan fingerprint density at radius 1 is 0.917 bits per heavy atom. The fourth-order valence-corrected chi connectivity index (χ4v) is 7.14. The molecule has 2 aliphatic heterocycles. The molecule has 0 unspecified atom stereocenters. The van der Waals surface area contributed by atoms with Gasteiger partial charge < -0.3 is 14.5 Å². The number of benzene rings is 1. The van der Waals surface area contributed by atoms with Crippen LogP contribution >= 0.6 is 12.4 Å². The third-order valence-electron chi connectivity index (χ3n) is 9.63. The summed E-state index contributed by atoms with van der Waals surface area (Å²) in [6.45, 7) is 10.5. The molecule has 1 spiro atoms. The quantitative estimate of drug-likeness (QED) is 0.383. The lowest BCUT2D eigenvalue weighted by Gasteiger charge is -2.41. The lowest BCUT2D eigenvalue weighted by atomic mass is 9.65. The normalized spacial score (nSPS) is 23.4. The highest BCUT2D eigenvalue weighted by molar-refractivity contribution is 5.85. The van der Waals surface area contributed by atoms with E-state index in [1.165, 1.54) is 101 Å². The molecular weight excluding hydrogens is 466 g/mol. The molecule has 5 heteroatoms. The van der Waals surface area contributed by atoms with Gasteiger partial charge in [-0.25, -0.2) is 0 Å². The van der Waals surface area contributed by atoms with Gasteiger partial charge in [-0.1, -0.05) is 38.7 Å². The van der Waals surface area contributed by atoms with Crippen LogP contribution in [-0.4, -0.2) is 63.9 Å². The van der Waals surface area contributed by atoms with Crippen molar-refractivity contribution in [2.24, 2.45) is 5.41 Å². The summed E-state index contributed by atoms with van der Waals surface area (Å²) >= 11 is 0. The van der Waals surface area contributed by atoms with E-state index in [4.69, 9.17) is 4.74 Å². The van der Waals surface area contributed by atoms with E-state index >= 15 is 0 Å². The van der Waals surface area contributed by atoms with Gasteiger partial charge in [0.2, 0.25) is 0 Å². The maximum atomic E-state index is 5.63. The standard InChI is InChI=1S/C31H49N3O.ClH/c1-3-4-18-32-21-23-34(24-22-32)30-9-8-27(33-19-12-28(35-2)13-20-33)25-29(30)26-10-16-31(17-11-26)14-6-5-7-15-31;/h8-10,25,28H,3-7,11-24H2,1-2H3;1H. The van der Waals surface area contributed by atoms with Gasteiger partial charge in [0.05, 0.1) is 6.10 Å². The molecule has 3 fully saturated rings. The van der Waals surface area contributed by atoms with Gasteiger partial charge in [-0.15, -0.1) is 12.4 Å². The second-order valence-electron chi connectivity index (χ2n) is 11.8. The predicted octanol–water partition coefficient (Wildman–Crippen LogP) is 7.16. The second-order valence-corrected chi connectivity index (χ2v) is 11.8. The largest absolute Gasteiger partial charge is 0.381 e. The molecule has 1 aromatic carbocycles. The van der Waals surface area contributed by atoms with E-state index in [0.717, 1.165) is 39.0 Å². The molecule has 2 saturated heterocycles. The summed E-state index contributed by atoms with van der Waals surface area (Å²) in [5.74, 6) is 0. The van der Waals surface area contributed by atoms with Crippen LogP contribution in [0.2, 0.25) is 0 Å². The van der Waals surface area contributed by atoms with Crippen molar-refractivity contribution in [3.63, 3.8) is 0 Å². The van der Waals surface area contributed by atoms with E-state index in [1.807, 2.05) is 7.11 Å². The minimum atomic E-state index is 0. The summed E-state index contributed by atoms with van der Waals surface area (Å²) < 4.78 is 5.63. The van der Waals surface area contributed by atoms with Crippen molar-refractivity contribution < 1.29 is 4.74 Å². The van der Waals surface area contributed by atoms with E-state index < -0.39 is 0 Å². The van der Waals surface area contributed by atoms with Gasteiger partial charge in [0.25, 0.3) is 0 Å². The van der Waals surface area contributed by atoms with Crippen molar-refractivity contribution in [1.82, 2.24) is 4.90 Å². The Balaban J connectivity index is 0.00000304. The van der Waals surface area contributed by atoms with Crippen molar-refractivity contribution in [3.8, 4) is 0 Å². The molecule has 0 amide bonds. The van der Waals surface area contributed by atoms with Crippen molar-refractivity contribution >= 4 is 29.4 Å². The smallest absolute Gasteiger partial charge is 0.0605 e. The van der Waals surface area contributed by atoms with E-state index in [1.54, 1.807) is 5.57 Å². The van der Waals surface area contributed by atoms with Crippen molar-refractivity contribution in [3.05, 3.63) is 29.8 Å². The van der Waals surface area contributed by atoms with Gasteiger partial charge in [0, 0.05) is 63.3 Å². The molecule has 0 radical (unpaired) electrons. The van der Waals surface area contributed by atoms with Crippen molar-refractivity contribution in [2.45, 2.75) is 90.1 Å². The van der Waals surface area contributed by atoms with Crippen LogP contribution in [-0.2, 0) is 4.74 Å². The van der Waals surface area contributed by atoms with Gasteiger partial charge in [-0.3, -0.25) is 4.90 Å². The maximum Gasteiger partial charge on any atom is 0.0605 e. The maximum absolute atomic E-state index is 5.63. The van der Waals surface area contributed by atoms with Gasteiger partial charge in [-0.2, -0.15) is 0 Å². The average molecular weight is 516 g/mol. The zero-order chi connectivity index (χ0) is 24.1. The monoisotopic (exact) mass is 515 g/mol. The second kappa shape index (κ2) is 13.0. The molecule has 36 heavy (non-hydrogen) atoms. The van der Waals surface area contributed by atoms with Crippen LogP contribution in [0.15, 0.2) is 24.3 Å². The molecule has 1 aromatic rings. The number of anilines is 2. The minimum absolute atomic E-state index is 0. The van der Waals surface area contributed by atoms with Gasteiger partial charge in [-0.05, 0) is 87.1 Å². The summed E-state index contributed by atoms with van der Waals surface area (Å²) in [6.07, 6.45) is 19.2. The Bertz CT molecular complexity index is 849. The summed E-state index contributed by atoms with van der Waals surface area (Å²) in [5, 5.41) is 0. The van der Waals surface area contributed by atoms with E-state index in [9.17, 15) is 0 Å². The number of unbranched alkanes of at least 4 members (excludes halogenated alkanes) is 1. The van der Waals surface area contributed by atoms with Crippen LogP contribution in [0.4, 0.5) is 11.4 Å². The zero-order valence-electron chi connectivity index (χ0n) is 23.0. The molecule has 0 N–H and O–H groups in total. The van der Waals surface area contributed by atoms with Crippen LogP contribution < -0.4 is 9.80 Å². The number of hydrogen-bond acceptors (Lipinski definition) is 4. The van der Waals surface area contributed by atoms with Crippen LogP contribution in [0.5, 0.6) is 0 Å². The molecular formula is C31H50ClN3O. The third kappa shape index (κ3) is 6.42. The number of piperidine rings is 1. The molecule has 4 aliphatic rings. The molecule has 5 rings (SSSR count). The van der Waals surface area contributed by atoms with E-state index in [-0.39, 0.29) is 12.4 Å². The number of nitrogens with zero attached hydrogens (tertiary/aromatic N) is 3. The molecule has 1 saturated carbocycles. The Kier molecular flexibility index (Phi) is 10.1. The Morgan fingerprint density at radius 2 is 1.67 bits per heavy atom. The van der Waals surface area contributed by atoms with Gasteiger partial charge >= 0.3 is 0 Å². The van der Waals surface area contributed by atoms with E-state index in [0.29, 0.717) is 11.5 Å². The summed E-state index contributed by atoms with van der Waals surface area (Å²) in [7, 11) is 1.86. The Morgan fingerprint density at radius 3 is 2.31 bits per heavy atom. The van der Waals surface area contributed by atoms with Crippen molar-refractivity contribution in [1.29, 1.82) is 0 Å². The van der Waals surface area contributed by atoms with Gasteiger partial charge in [0.1, 0.15) is 0 Å². The fourth-order valence-electron chi connectivity index (χ4n) is 7.14. The predicted molar refractivity (Wildman–Crippen MR) is 157 cm³/mol. The molecule has 202 valence electrons. The lowest BCUT2D eigenvalue weighted by molar-refractivity contribution is 0.0819. The number of piperazine rings is 1. The zero-order valence-corrected chi connectivity index (χ0v) is 23.8. The van der Waals surface area contributed by atoms with Crippen LogP contribution in [0.3, 0.4) is 0 Å². The highest BCUT2D eigenvalue weighted by Crippen LogP contribution is 2.49. The number of rotatable bonds is 7. The average Bonchev–Trinajstić information content (AvgIpc) is 2.93. The Hall–Kier alpha value is -1.23. The first-order chi connectivity index (χ1) is 17.2. The number of ether oxygens (including phenoxy) is 1. The molecule has 2 heterocycles. The number of methoxy groups -OCH3 is 1. The summed E-state index contributed by atoms with van der Waals surface area (Å²) in [5.41, 5.74) is 6.68. The number of allylic oxidation sites excluding steroid dienone is 2. The minimum Gasteiger partial charge on any atom is -0.381 e.